The van der Waals surface area contributed by atoms with Crippen LogP contribution in [0.25, 0.3) is 0 Å². The van der Waals surface area contributed by atoms with Crippen molar-refractivity contribution < 1.29 is 0 Å². The fraction of sp³-hybridized carbons (Fsp3) is 0.444. The summed E-state index contributed by atoms with van der Waals surface area (Å²) in [5.74, 6) is 0. The van der Waals surface area contributed by atoms with Crippen LogP contribution in [0, 0.1) is 0 Å². The van der Waals surface area contributed by atoms with Gasteiger partial charge in [-0.1, -0.05) is 36.7 Å². The molecular weight excluding hydrogens is 298 g/mol. The first kappa shape index (κ1) is 16.5. The van der Waals surface area contributed by atoms with Gasteiger partial charge < -0.3 is 5.32 Å². The van der Waals surface area contributed by atoms with E-state index < -0.39 is 0 Å². The van der Waals surface area contributed by atoms with Crippen LogP contribution in [0.1, 0.15) is 36.6 Å². The number of halogens is 1. The topological polar surface area (TPSA) is 12.0 Å². The maximum absolute atomic E-state index is 6.09. The fourth-order valence-electron chi connectivity index (χ4n) is 2.55. The second-order valence-corrected chi connectivity index (χ2v) is 6.93. The molecule has 1 unspecified atom stereocenters. The number of hydrogen-bond donors (Lipinski definition) is 1. The molecule has 1 atom stereocenters. The Morgan fingerprint density at radius 2 is 2.14 bits per heavy atom. The monoisotopic (exact) mass is 321 g/mol. The molecule has 1 aromatic heterocycles. The molecule has 21 heavy (non-hydrogen) atoms. The highest BCUT2D eigenvalue weighted by Crippen LogP contribution is 2.16. The van der Waals surface area contributed by atoms with Gasteiger partial charge in [-0.25, -0.2) is 0 Å². The molecule has 0 spiro atoms. The van der Waals surface area contributed by atoms with Gasteiger partial charge in [-0.15, -0.1) is 11.3 Å². The van der Waals surface area contributed by atoms with Gasteiger partial charge in [-0.3, -0.25) is 0 Å². The van der Waals surface area contributed by atoms with Crippen LogP contribution in [0.2, 0.25) is 5.02 Å². The van der Waals surface area contributed by atoms with Gasteiger partial charge in [0.1, 0.15) is 0 Å². The highest BCUT2D eigenvalue weighted by molar-refractivity contribution is 7.09. The molecule has 0 saturated heterocycles. The van der Waals surface area contributed by atoms with Gasteiger partial charge in [0, 0.05) is 15.9 Å². The Bertz CT molecular complexity index is 510. The highest BCUT2D eigenvalue weighted by Gasteiger charge is 2.09. The van der Waals surface area contributed by atoms with Gasteiger partial charge in [0.2, 0.25) is 0 Å². The lowest BCUT2D eigenvalue weighted by Crippen LogP contribution is -2.31. The predicted octanol–water partition coefficient (Wildman–Crippen LogP) is 5.34. The number of thiophene rings is 1. The van der Waals surface area contributed by atoms with E-state index in [1.807, 2.05) is 23.5 Å². The molecule has 3 heteroatoms. The zero-order valence-corrected chi connectivity index (χ0v) is 14.2. The first-order chi connectivity index (χ1) is 10.3. The van der Waals surface area contributed by atoms with Crippen LogP contribution in [0.5, 0.6) is 0 Å². The van der Waals surface area contributed by atoms with E-state index in [1.54, 1.807) is 0 Å². The summed E-state index contributed by atoms with van der Waals surface area (Å²) in [4.78, 5) is 1.49. The Kier molecular flexibility index (Phi) is 7.28. The quantitative estimate of drug-likeness (QED) is 0.657. The summed E-state index contributed by atoms with van der Waals surface area (Å²) in [6.45, 7) is 3.30. The molecule has 1 nitrogen and oxygen atoms in total. The predicted molar refractivity (Wildman–Crippen MR) is 94.5 cm³/mol. The van der Waals surface area contributed by atoms with Crippen LogP contribution in [0.15, 0.2) is 41.8 Å². The summed E-state index contributed by atoms with van der Waals surface area (Å²) in [5.41, 5.74) is 1.33. The summed E-state index contributed by atoms with van der Waals surface area (Å²) in [6, 6.07) is 13.2. The van der Waals surface area contributed by atoms with Gasteiger partial charge in [0.05, 0.1) is 0 Å². The molecule has 2 aromatic rings. The lowest BCUT2D eigenvalue weighted by Gasteiger charge is -2.18. The summed E-state index contributed by atoms with van der Waals surface area (Å²) in [7, 11) is 0. The molecule has 0 fully saturated rings. The van der Waals surface area contributed by atoms with Gasteiger partial charge in [0.25, 0.3) is 0 Å². The minimum Gasteiger partial charge on any atom is -0.314 e. The lowest BCUT2D eigenvalue weighted by atomic mass is 10.0. The maximum atomic E-state index is 6.09. The van der Waals surface area contributed by atoms with E-state index in [9.17, 15) is 0 Å². The van der Waals surface area contributed by atoms with Crippen LogP contribution in [-0.4, -0.2) is 12.6 Å². The van der Waals surface area contributed by atoms with E-state index >= 15 is 0 Å². The summed E-state index contributed by atoms with van der Waals surface area (Å²) >= 11 is 7.95. The molecule has 114 valence electrons. The van der Waals surface area contributed by atoms with Crippen molar-refractivity contribution in [2.45, 2.75) is 45.1 Å². The molecular formula is C18H24ClNS. The Hall–Kier alpha value is -0.830. The van der Waals surface area contributed by atoms with Crippen molar-refractivity contribution in [2.75, 3.05) is 6.54 Å². The van der Waals surface area contributed by atoms with Crippen LogP contribution in [0.4, 0.5) is 0 Å². The normalized spacial score (nSPS) is 12.5. The third-order valence-corrected chi connectivity index (χ3v) is 4.78. The van der Waals surface area contributed by atoms with Crippen LogP contribution in [0.3, 0.4) is 0 Å². The molecule has 0 aliphatic rings. The van der Waals surface area contributed by atoms with Crippen molar-refractivity contribution in [2.24, 2.45) is 0 Å². The molecule has 1 aromatic carbocycles. The van der Waals surface area contributed by atoms with Crippen molar-refractivity contribution in [3.05, 3.63) is 57.2 Å². The molecule has 0 aliphatic heterocycles. The molecule has 2 rings (SSSR count). The zero-order valence-electron chi connectivity index (χ0n) is 12.6. The fourth-order valence-corrected chi connectivity index (χ4v) is 3.51. The summed E-state index contributed by atoms with van der Waals surface area (Å²) < 4.78 is 0. The number of benzene rings is 1. The Balaban J connectivity index is 1.84. The van der Waals surface area contributed by atoms with Crippen LogP contribution in [-0.2, 0) is 12.8 Å². The number of aryl methyl sites for hydroxylation is 1. The number of rotatable bonds is 9. The van der Waals surface area contributed by atoms with E-state index in [1.165, 1.54) is 36.1 Å². The second-order valence-electron chi connectivity index (χ2n) is 5.46. The Labute approximate surface area is 137 Å². The molecule has 0 aliphatic carbocycles. The lowest BCUT2D eigenvalue weighted by molar-refractivity contribution is 0.465. The van der Waals surface area contributed by atoms with Crippen LogP contribution < -0.4 is 5.32 Å². The standard InChI is InChI=1S/C18H24ClNS/c1-2-11-20-17(8-4-9-18-10-5-12-21-18)14-15-6-3-7-16(19)13-15/h3,5-7,10,12-13,17,20H,2,4,8-9,11,14H2,1H3. The Morgan fingerprint density at radius 3 is 2.86 bits per heavy atom. The van der Waals surface area contributed by atoms with Gasteiger partial charge >= 0.3 is 0 Å². The molecule has 0 radical (unpaired) electrons. The highest BCUT2D eigenvalue weighted by atomic mass is 35.5. The van der Waals surface area contributed by atoms with Gasteiger partial charge in [-0.05, 0) is 67.8 Å². The largest absolute Gasteiger partial charge is 0.314 e. The molecule has 1 heterocycles. The average molecular weight is 322 g/mol. The average Bonchev–Trinajstić information content (AvgIpc) is 2.98. The zero-order chi connectivity index (χ0) is 14.9. The van der Waals surface area contributed by atoms with Gasteiger partial charge in [0.15, 0.2) is 0 Å². The van der Waals surface area contributed by atoms with E-state index in [0.29, 0.717) is 6.04 Å². The van der Waals surface area contributed by atoms with E-state index in [0.717, 1.165) is 18.0 Å². The van der Waals surface area contributed by atoms with E-state index in [2.05, 4.69) is 41.9 Å². The number of nitrogens with one attached hydrogen (secondary N) is 1. The van der Waals surface area contributed by atoms with Crippen molar-refractivity contribution in [1.29, 1.82) is 0 Å². The van der Waals surface area contributed by atoms with Crippen molar-refractivity contribution in [3.8, 4) is 0 Å². The molecule has 0 amide bonds. The smallest absolute Gasteiger partial charge is 0.0408 e. The summed E-state index contributed by atoms with van der Waals surface area (Å²) in [6.07, 6.45) is 5.88. The van der Waals surface area contributed by atoms with E-state index in [4.69, 9.17) is 11.6 Å². The Morgan fingerprint density at radius 1 is 1.24 bits per heavy atom. The third kappa shape index (κ3) is 6.21. The van der Waals surface area contributed by atoms with E-state index in [-0.39, 0.29) is 0 Å². The van der Waals surface area contributed by atoms with Crippen molar-refractivity contribution >= 4 is 22.9 Å². The molecule has 0 bridgehead atoms. The SMILES string of the molecule is CCCNC(CCCc1cccs1)Cc1cccc(Cl)c1. The summed E-state index contributed by atoms with van der Waals surface area (Å²) in [5, 5.41) is 6.67. The van der Waals surface area contributed by atoms with Crippen molar-refractivity contribution in [3.63, 3.8) is 0 Å². The third-order valence-electron chi connectivity index (χ3n) is 3.61. The number of hydrogen-bond acceptors (Lipinski definition) is 2. The second kappa shape index (κ2) is 9.24. The van der Waals surface area contributed by atoms with Crippen molar-refractivity contribution in [1.82, 2.24) is 5.32 Å². The minimum atomic E-state index is 0.545. The van der Waals surface area contributed by atoms with Crippen LogP contribution >= 0.6 is 22.9 Å². The first-order valence-electron chi connectivity index (χ1n) is 7.78. The molecule has 0 saturated carbocycles. The first-order valence-corrected chi connectivity index (χ1v) is 9.04. The van der Waals surface area contributed by atoms with Gasteiger partial charge in [-0.2, -0.15) is 0 Å². The maximum Gasteiger partial charge on any atom is 0.0408 e. The molecule has 1 N–H and O–H groups in total. The minimum absolute atomic E-state index is 0.545.